The van der Waals surface area contributed by atoms with Crippen molar-refractivity contribution in [2.75, 3.05) is 5.75 Å². The maximum atomic E-state index is 11.2. The van der Waals surface area contributed by atoms with Crippen molar-refractivity contribution in [2.24, 2.45) is 5.73 Å². The molecule has 5 nitrogen and oxygen atoms in total. The highest BCUT2D eigenvalue weighted by Gasteiger charge is 2.52. The Bertz CT molecular complexity index is 270. The average Bonchev–Trinajstić information content (AvgIpc) is 2.15. The van der Waals surface area contributed by atoms with Gasteiger partial charge in [-0.15, -0.1) is 11.8 Å². The topological polar surface area (TPSA) is 83.6 Å². The lowest BCUT2D eigenvalue weighted by molar-refractivity contribution is -0.160. The first-order valence-electron chi connectivity index (χ1n) is 4.05. The van der Waals surface area contributed by atoms with Crippen molar-refractivity contribution in [3.8, 4) is 0 Å². The lowest BCUT2D eigenvalue weighted by Gasteiger charge is -2.50. The molecule has 13 heavy (non-hydrogen) atoms. The van der Waals surface area contributed by atoms with E-state index in [2.05, 4.69) is 0 Å². The number of carboxylic acid groups (broad SMARTS) is 1. The first-order chi connectivity index (χ1) is 6.13. The zero-order valence-electron chi connectivity index (χ0n) is 6.84. The number of nitrogens with two attached hydrogens (primary N) is 1. The Morgan fingerprint density at radius 1 is 1.69 bits per heavy atom. The molecule has 0 aromatic carbocycles. The van der Waals surface area contributed by atoms with Crippen molar-refractivity contribution in [1.29, 1.82) is 0 Å². The van der Waals surface area contributed by atoms with Crippen LogP contribution in [0.15, 0.2) is 0 Å². The van der Waals surface area contributed by atoms with Gasteiger partial charge in [-0.2, -0.15) is 0 Å². The van der Waals surface area contributed by atoms with Gasteiger partial charge in [-0.3, -0.25) is 4.79 Å². The summed E-state index contributed by atoms with van der Waals surface area (Å²) in [4.78, 5) is 23.4. The lowest BCUT2D eigenvalue weighted by atomic mass is 10.0. The number of thioether (sulfide) groups is 1. The van der Waals surface area contributed by atoms with Gasteiger partial charge in [0.2, 0.25) is 5.91 Å². The third-order valence-electron chi connectivity index (χ3n) is 2.42. The minimum absolute atomic E-state index is 0.109. The normalized spacial score (nSPS) is 38.1. The molecule has 3 atom stereocenters. The monoisotopic (exact) mass is 202 g/mol. The molecule has 2 heterocycles. The molecular formula is C7H10N2O3S. The standard InChI is InChI=1S/C7H10N2O3S/c8-4-5(10)9-3(7(11)12)1-2-13-6(4)9/h3-4,6H,1-2,8H2,(H,11,12)/t3-,4-,6+/m1/s1. The Hall–Kier alpha value is -0.750. The van der Waals surface area contributed by atoms with Gasteiger partial charge in [-0.25, -0.2) is 4.79 Å². The SMILES string of the molecule is N[C@@H]1C(=O)N2[C@@H](C(=O)O)CCS[C@@H]12. The van der Waals surface area contributed by atoms with Crippen LogP contribution >= 0.6 is 11.8 Å². The zero-order chi connectivity index (χ0) is 9.59. The maximum absolute atomic E-state index is 11.2. The molecule has 2 rings (SSSR count). The number of fused-ring (bicyclic) bond motifs is 1. The number of carbonyl (C=O) groups is 2. The number of carbonyl (C=O) groups excluding carboxylic acids is 1. The van der Waals surface area contributed by atoms with Gasteiger partial charge in [-0.1, -0.05) is 0 Å². The van der Waals surface area contributed by atoms with E-state index in [0.717, 1.165) is 5.75 Å². The Balaban J connectivity index is 2.16. The van der Waals surface area contributed by atoms with Gasteiger partial charge in [0.25, 0.3) is 0 Å². The fraction of sp³-hybridized carbons (Fsp3) is 0.714. The molecule has 2 fully saturated rings. The van der Waals surface area contributed by atoms with E-state index in [1.165, 1.54) is 4.90 Å². The highest BCUT2D eigenvalue weighted by molar-refractivity contribution is 8.00. The first-order valence-corrected chi connectivity index (χ1v) is 5.10. The second-order valence-electron chi connectivity index (χ2n) is 3.18. The van der Waals surface area contributed by atoms with E-state index in [-0.39, 0.29) is 11.3 Å². The van der Waals surface area contributed by atoms with Gasteiger partial charge in [0.05, 0.1) is 0 Å². The summed E-state index contributed by atoms with van der Waals surface area (Å²) in [6.45, 7) is 0. The summed E-state index contributed by atoms with van der Waals surface area (Å²) >= 11 is 1.56. The van der Waals surface area contributed by atoms with Crippen LogP contribution in [0.1, 0.15) is 6.42 Å². The molecule has 6 heteroatoms. The van der Waals surface area contributed by atoms with E-state index in [4.69, 9.17) is 10.8 Å². The zero-order valence-corrected chi connectivity index (χ0v) is 7.66. The average molecular weight is 202 g/mol. The molecule has 0 aromatic rings. The smallest absolute Gasteiger partial charge is 0.326 e. The molecule has 2 saturated heterocycles. The van der Waals surface area contributed by atoms with Crippen molar-refractivity contribution in [2.45, 2.75) is 23.9 Å². The second kappa shape index (κ2) is 2.88. The molecule has 0 unspecified atom stereocenters. The van der Waals surface area contributed by atoms with Gasteiger partial charge in [0.15, 0.2) is 0 Å². The van der Waals surface area contributed by atoms with Crippen molar-refractivity contribution >= 4 is 23.6 Å². The van der Waals surface area contributed by atoms with Crippen LogP contribution in [-0.4, -0.2) is 45.1 Å². The number of nitrogens with zero attached hydrogens (tertiary/aromatic N) is 1. The molecule has 2 aliphatic rings. The van der Waals surface area contributed by atoms with E-state index in [0.29, 0.717) is 6.42 Å². The number of hydrogen-bond acceptors (Lipinski definition) is 4. The van der Waals surface area contributed by atoms with Gasteiger partial charge in [0.1, 0.15) is 17.5 Å². The van der Waals surface area contributed by atoms with Crippen molar-refractivity contribution in [3.05, 3.63) is 0 Å². The maximum Gasteiger partial charge on any atom is 0.326 e. The Morgan fingerprint density at radius 2 is 2.38 bits per heavy atom. The summed E-state index contributed by atoms with van der Waals surface area (Å²) < 4.78 is 0. The van der Waals surface area contributed by atoms with Crippen molar-refractivity contribution in [1.82, 2.24) is 4.90 Å². The van der Waals surface area contributed by atoms with Gasteiger partial charge >= 0.3 is 5.97 Å². The van der Waals surface area contributed by atoms with Crippen LogP contribution in [0.5, 0.6) is 0 Å². The Morgan fingerprint density at radius 3 is 3.00 bits per heavy atom. The van der Waals surface area contributed by atoms with Gasteiger partial charge in [0, 0.05) is 0 Å². The summed E-state index contributed by atoms with van der Waals surface area (Å²) in [5.74, 6) is -0.394. The highest BCUT2D eigenvalue weighted by Crippen LogP contribution is 2.36. The van der Waals surface area contributed by atoms with Crippen LogP contribution in [0.2, 0.25) is 0 Å². The summed E-state index contributed by atoms with van der Waals surface area (Å²) in [5.41, 5.74) is 5.53. The molecule has 1 amide bonds. The molecule has 72 valence electrons. The quantitative estimate of drug-likeness (QED) is 0.537. The largest absolute Gasteiger partial charge is 0.480 e. The summed E-state index contributed by atoms with van der Waals surface area (Å²) in [6, 6.07) is -1.15. The second-order valence-corrected chi connectivity index (χ2v) is 4.40. The van der Waals surface area contributed by atoms with Gasteiger partial charge < -0.3 is 15.7 Å². The third-order valence-corrected chi connectivity index (χ3v) is 3.76. The summed E-state index contributed by atoms with van der Waals surface area (Å²) in [7, 11) is 0. The van der Waals surface area contributed by atoms with Gasteiger partial charge in [-0.05, 0) is 12.2 Å². The fourth-order valence-electron chi connectivity index (χ4n) is 1.71. The minimum Gasteiger partial charge on any atom is -0.480 e. The number of rotatable bonds is 1. The molecule has 0 spiro atoms. The summed E-state index contributed by atoms with van der Waals surface area (Å²) in [6.07, 6.45) is 0.523. The summed E-state index contributed by atoms with van der Waals surface area (Å²) in [5, 5.41) is 8.71. The fourth-order valence-corrected chi connectivity index (χ4v) is 3.04. The molecule has 2 aliphatic heterocycles. The molecule has 0 bridgehead atoms. The lowest BCUT2D eigenvalue weighted by Crippen LogP contribution is -2.72. The number of hydrogen-bond donors (Lipinski definition) is 2. The number of aliphatic carboxylic acids is 1. The van der Waals surface area contributed by atoms with E-state index < -0.39 is 18.1 Å². The predicted molar refractivity (Wildman–Crippen MR) is 47.1 cm³/mol. The molecule has 0 aliphatic carbocycles. The first kappa shape index (κ1) is 8.83. The Labute approximate surface area is 79.3 Å². The van der Waals surface area contributed by atoms with Crippen LogP contribution in [0, 0.1) is 0 Å². The van der Waals surface area contributed by atoms with E-state index >= 15 is 0 Å². The van der Waals surface area contributed by atoms with E-state index in [9.17, 15) is 9.59 Å². The Kier molecular flexibility index (Phi) is 1.96. The molecular weight excluding hydrogens is 192 g/mol. The van der Waals surface area contributed by atoms with E-state index in [1.54, 1.807) is 11.8 Å². The molecule has 0 radical (unpaired) electrons. The van der Waals surface area contributed by atoms with Crippen LogP contribution in [0.25, 0.3) is 0 Å². The molecule has 0 saturated carbocycles. The van der Waals surface area contributed by atoms with Crippen molar-refractivity contribution in [3.63, 3.8) is 0 Å². The predicted octanol–water partition coefficient (Wildman–Crippen LogP) is -0.928. The molecule has 0 aromatic heterocycles. The van der Waals surface area contributed by atoms with Crippen LogP contribution in [0.4, 0.5) is 0 Å². The highest BCUT2D eigenvalue weighted by atomic mass is 32.2. The molecule has 3 N–H and O–H groups in total. The van der Waals surface area contributed by atoms with Crippen LogP contribution < -0.4 is 5.73 Å². The van der Waals surface area contributed by atoms with E-state index in [1.807, 2.05) is 0 Å². The van der Waals surface area contributed by atoms with Crippen LogP contribution in [-0.2, 0) is 9.59 Å². The third kappa shape index (κ3) is 1.13. The van der Waals surface area contributed by atoms with Crippen LogP contribution in [0.3, 0.4) is 0 Å². The van der Waals surface area contributed by atoms with Crippen molar-refractivity contribution < 1.29 is 14.7 Å². The number of β-lactam (4-membered cyclic amide) rings is 1. The number of carboxylic acids is 1. The minimum atomic E-state index is -0.925. The number of amides is 1.